The summed E-state index contributed by atoms with van der Waals surface area (Å²) in [5.41, 5.74) is 0.233. The molecule has 0 aromatic carbocycles. The highest BCUT2D eigenvalue weighted by atomic mass is 79.9. The fourth-order valence-corrected chi connectivity index (χ4v) is 1.89. The first-order chi connectivity index (χ1) is 7.09. The second-order valence-electron chi connectivity index (χ2n) is 3.77. The van der Waals surface area contributed by atoms with E-state index in [0.29, 0.717) is 18.5 Å². The van der Waals surface area contributed by atoms with E-state index in [-0.39, 0.29) is 29.1 Å². The Bertz CT molecular complexity index is 388. The van der Waals surface area contributed by atoms with Gasteiger partial charge in [0, 0.05) is 12.3 Å². The van der Waals surface area contributed by atoms with Gasteiger partial charge in [0.05, 0.1) is 12.5 Å². The quantitative estimate of drug-likeness (QED) is 0.827. The average Bonchev–Trinajstić information content (AvgIpc) is 2.19. The van der Waals surface area contributed by atoms with Crippen LogP contribution in [0.1, 0.15) is 17.9 Å². The standard InChI is InChI=1S/C10H12F2N2O.BrH/c11-10(12)6-13-4-3-8(10)7-1-2-9(15)14-5-7;/h1-2,5,8,13H,3-4,6H2,(H,14,15);1H. The van der Waals surface area contributed by atoms with Crippen molar-refractivity contribution in [1.29, 1.82) is 0 Å². The second-order valence-corrected chi connectivity index (χ2v) is 3.77. The molecule has 6 heteroatoms. The smallest absolute Gasteiger partial charge is 0.267 e. The van der Waals surface area contributed by atoms with E-state index in [1.54, 1.807) is 0 Å². The maximum atomic E-state index is 13.5. The van der Waals surface area contributed by atoms with Gasteiger partial charge in [-0.2, -0.15) is 0 Å². The van der Waals surface area contributed by atoms with Gasteiger partial charge in [-0.15, -0.1) is 17.0 Å². The van der Waals surface area contributed by atoms with E-state index >= 15 is 0 Å². The molecule has 0 spiro atoms. The molecule has 0 aliphatic carbocycles. The van der Waals surface area contributed by atoms with Crippen molar-refractivity contribution in [2.24, 2.45) is 0 Å². The SMILES string of the molecule is Br.O=c1ccc(C2CCNCC2(F)F)c[nH]1. The van der Waals surface area contributed by atoms with Crippen molar-refractivity contribution in [2.45, 2.75) is 18.3 Å². The zero-order valence-corrected chi connectivity index (χ0v) is 10.2. The minimum absolute atomic E-state index is 0. The van der Waals surface area contributed by atoms with E-state index < -0.39 is 11.8 Å². The minimum atomic E-state index is -2.74. The molecule has 0 amide bonds. The molecule has 0 saturated carbocycles. The lowest BCUT2D eigenvalue weighted by molar-refractivity contribution is -0.0421. The third-order valence-electron chi connectivity index (χ3n) is 2.69. The van der Waals surface area contributed by atoms with Gasteiger partial charge >= 0.3 is 0 Å². The Labute approximate surface area is 102 Å². The summed E-state index contributed by atoms with van der Waals surface area (Å²) in [4.78, 5) is 13.2. The van der Waals surface area contributed by atoms with Crippen molar-refractivity contribution in [3.8, 4) is 0 Å². The molecule has 2 rings (SSSR count). The van der Waals surface area contributed by atoms with Crippen LogP contribution < -0.4 is 10.9 Å². The predicted molar refractivity (Wildman–Crippen MR) is 62.6 cm³/mol. The number of aromatic nitrogens is 1. The van der Waals surface area contributed by atoms with E-state index in [1.807, 2.05) is 0 Å². The molecule has 1 fully saturated rings. The van der Waals surface area contributed by atoms with Crippen molar-refractivity contribution >= 4 is 17.0 Å². The largest absolute Gasteiger partial charge is 0.329 e. The molecule has 16 heavy (non-hydrogen) atoms. The Morgan fingerprint density at radius 1 is 1.38 bits per heavy atom. The van der Waals surface area contributed by atoms with Gasteiger partial charge in [-0.05, 0) is 18.5 Å². The molecule has 2 N–H and O–H groups in total. The topological polar surface area (TPSA) is 44.9 Å². The third kappa shape index (κ3) is 2.68. The number of hydrogen-bond donors (Lipinski definition) is 2. The van der Waals surface area contributed by atoms with Crippen LogP contribution in [0.5, 0.6) is 0 Å². The number of rotatable bonds is 1. The number of H-pyrrole nitrogens is 1. The van der Waals surface area contributed by atoms with E-state index in [2.05, 4.69) is 10.3 Å². The highest BCUT2D eigenvalue weighted by Gasteiger charge is 2.42. The zero-order chi connectivity index (χ0) is 10.9. The van der Waals surface area contributed by atoms with E-state index in [0.717, 1.165) is 0 Å². The Morgan fingerprint density at radius 3 is 2.69 bits per heavy atom. The Hall–Kier alpha value is -0.750. The van der Waals surface area contributed by atoms with Gasteiger partial charge in [0.1, 0.15) is 0 Å². The van der Waals surface area contributed by atoms with Crippen LogP contribution in [0.15, 0.2) is 23.1 Å². The molecule has 0 bridgehead atoms. The number of pyridine rings is 1. The van der Waals surface area contributed by atoms with Crippen LogP contribution in [0, 0.1) is 0 Å². The number of halogens is 3. The monoisotopic (exact) mass is 294 g/mol. The molecule has 1 atom stereocenters. The molecule has 1 aliphatic rings. The van der Waals surface area contributed by atoms with Crippen LogP contribution in [0.25, 0.3) is 0 Å². The van der Waals surface area contributed by atoms with Gasteiger partial charge < -0.3 is 10.3 Å². The predicted octanol–water partition coefficient (Wildman–Crippen LogP) is 1.67. The highest BCUT2D eigenvalue weighted by Crippen LogP contribution is 2.36. The number of alkyl halides is 2. The van der Waals surface area contributed by atoms with Gasteiger partial charge in [0.25, 0.3) is 5.92 Å². The molecule has 1 aliphatic heterocycles. The molecular formula is C10H13BrF2N2O. The maximum absolute atomic E-state index is 13.5. The summed E-state index contributed by atoms with van der Waals surface area (Å²) in [6, 6.07) is 2.76. The van der Waals surface area contributed by atoms with Crippen molar-refractivity contribution < 1.29 is 8.78 Å². The normalized spacial score (nSPS) is 23.5. The molecule has 3 nitrogen and oxygen atoms in total. The van der Waals surface area contributed by atoms with Gasteiger partial charge in [-0.25, -0.2) is 8.78 Å². The van der Waals surface area contributed by atoms with Crippen LogP contribution in [0.4, 0.5) is 8.78 Å². The number of hydrogen-bond acceptors (Lipinski definition) is 2. The summed E-state index contributed by atoms with van der Waals surface area (Å²) in [5, 5.41) is 2.66. The maximum Gasteiger partial charge on any atom is 0.267 e. The summed E-state index contributed by atoms with van der Waals surface area (Å²) in [6.45, 7) is 0.288. The molecule has 2 heterocycles. The zero-order valence-electron chi connectivity index (χ0n) is 8.50. The molecular weight excluding hydrogens is 282 g/mol. The lowest BCUT2D eigenvalue weighted by atomic mass is 9.88. The van der Waals surface area contributed by atoms with Crippen LogP contribution in [0.3, 0.4) is 0 Å². The fraction of sp³-hybridized carbons (Fsp3) is 0.500. The molecule has 0 radical (unpaired) electrons. The number of piperidine rings is 1. The summed E-state index contributed by atoms with van der Waals surface area (Å²) in [7, 11) is 0. The Kier molecular flexibility index (Phi) is 4.21. The Morgan fingerprint density at radius 2 is 2.12 bits per heavy atom. The van der Waals surface area contributed by atoms with Crippen molar-refractivity contribution in [1.82, 2.24) is 10.3 Å². The van der Waals surface area contributed by atoms with E-state index in [1.165, 1.54) is 18.3 Å². The molecule has 90 valence electrons. The molecule has 1 unspecified atom stereocenters. The van der Waals surface area contributed by atoms with E-state index in [9.17, 15) is 13.6 Å². The summed E-state index contributed by atoms with van der Waals surface area (Å²) < 4.78 is 27.0. The van der Waals surface area contributed by atoms with Crippen LogP contribution in [-0.2, 0) is 0 Å². The highest BCUT2D eigenvalue weighted by molar-refractivity contribution is 8.93. The summed E-state index contributed by atoms with van der Waals surface area (Å²) in [6.07, 6.45) is 1.77. The van der Waals surface area contributed by atoms with Gasteiger partial charge in [0.15, 0.2) is 0 Å². The first kappa shape index (κ1) is 13.3. The fourth-order valence-electron chi connectivity index (χ4n) is 1.89. The van der Waals surface area contributed by atoms with E-state index in [4.69, 9.17) is 0 Å². The molecule has 1 aromatic rings. The molecule has 1 aromatic heterocycles. The Balaban J connectivity index is 0.00000128. The van der Waals surface area contributed by atoms with Crippen molar-refractivity contribution in [2.75, 3.05) is 13.1 Å². The van der Waals surface area contributed by atoms with Crippen molar-refractivity contribution in [3.63, 3.8) is 0 Å². The van der Waals surface area contributed by atoms with Crippen molar-refractivity contribution in [3.05, 3.63) is 34.2 Å². The average molecular weight is 295 g/mol. The summed E-state index contributed by atoms with van der Waals surface area (Å²) >= 11 is 0. The second kappa shape index (κ2) is 5.05. The van der Waals surface area contributed by atoms with Gasteiger partial charge in [-0.1, -0.05) is 6.07 Å². The van der Waals surface area contributed by atoms with Crippen LogP contribution in [-0.4, -0.2) is 24.0 Å². The first-order valence-electron chi connectivity index (χ1n) is 4.87. The lowest BCUT2D eigenvalue weighted by Gasteiger charge is -2.31. The molecule has 1 saturated heterocycles. The number of aromatic amines is 1. The summed E-state index contributed by atoms with van der Waals surface area (Å²) in [5.74, 6) is -3.54. The van der Waals surface area contributed by atoms with Crippen LogP contribution >= 0.6 is 17.0 Å². The lowest BCUT2D eigenvalue weighted by Crippen LogP contribution is -2.44. The minimum Gasteiger partial charge on any atom is -0.329 e. The third-order valence-corrected chi connectivity index (χ3v) is 2.69. The van der Waals surface area contributed by atoms with Gasteiger partial charge in [-0.3, -0.25) is 4.79 Å². The van der Waals surface area contributed by atoms with Gasteiger partial charge in [0.2, 0.25) is 5.56 Å². The van der Waals surface area contributed by atoms with Crippen LogP contribution in [0.2, 0.25) is 0 Å². The first-order valence-corrected chi connectivity index (χ1v) is 4.87. The number of nitrogens with one attached hydrogen (secondary N) is 2.